The zero-order valence-electron chi connectivity index (χ0n) is 11.3. The van der Waals surface area contributed by atoms with Crippen molar-refractivity contribution in [3.8, 4) is 0 Å². The van der Waals surface area contributed by atoms with E-state index in [2.05, 4.69) is 21.2 Å². The molecule has 0 aliphatic carbocycles. The van der Waals surface area contributed by atoms with Gasteiger partial charge in [-0.2, -0.15) is 0 Å². The van der Waals surface area contributed by atoms with Gasteiger partial charge in [-0.3, -0.25) is 4.79 Å². The fourth-order valence-corrected chi connectivity index (χ4v) is 2.27. The molecule has 0 atom stereocenters. The number of rotatable bonds is 4. The second-order valence-electron chi connectivity index (χ2n) is 4.66. The summed E-state index contributed by atoms with van der Waals surface area (Å²) in [4.78, 5) is 12.2. The Bertz CT molecular complexity index is 608. The van der Waals surface area contributed by atoms with E-state index in [-0.39, 0.29) is 5.91 Å². The molecule has 2 aromatic rings. The molecule has 0 fully saturated rings. The molecule has 0 saturated carbocycles. The fourth-order valence-electron chi connectivity index (χ4n) is 1.91. The van der Waals surface area contributed by atoms with Crippen LogP contribution in [-0.4, -0.2) is 5.91 Å². The molecule has 0 unspecified atom stereocenters. The second-order valence-corrected chi connectivity index (χ2v) is 5.58. The summed E-state index contributed by atoms with van der Waals surface area (Å²) in [6.45, 7) is 2.97. The maximum Gasteiger partial charge on any atom is 0.251 e. The van der Waals surface area contributed by atoms with Gasteiger partial charge in [0.15, 0.2) is 0 Å². The predicted octanol–water partition coefficient (Wildman–Crippen LogP) is 3.15. The zero-order chi connectivity index (χ0) is 14.5. The Morgan fingerprint density at radius 2 is 1.80 bits per heavy atom. The van der Waals surface area contributed by atoms with Crippen LogP contribution in [0, 0.1) is 6.92 Å². The topological polar surface area (TPSA) is 55.1 Å². The summed E-state index contributed by atoms with van der Waals surface area (Å²) in [5, 5.41) is 2.93. The molecule has 0 aromatic heterocycles. The van der Waals surface area contributed by atoms with Crippen molar-refractivity contribution in [3.63, 3.8) is 0 Å². The number of carbonyl (C=O) groups is 1. The number of amides is 1. The number of hydrogen-bond donors (Lipinski definition) is 2. The van der Waals surface area contributed by atoms with Crippen LogP contribution in [0.15, 0.2) is 46.9 Å². The summed E-state index contributed by atoms with van der Waals surface area (Å²) < 4.78 is 0.903. The lowest BCUT2D eigenvalue weighted by molar-refractivity contribution is 0.0950. The smallest absolute Gasteiger partial charge is 0.251 e. The van der Waals surface area contributed by atoms with Crippen molar-refractivity contribution < 1.29 is 4.79 Å². The van der Waals surface area contributed by atoms with Gasteiger partial charge in [-0.1, -0.05) is 46.3 Å². The van der Waals surface area contributed by atoms with E-state index in [0.29, 0.717) is 18.7 Å². The quantitative estimate of drug-likeness (QED) is 0.903. The van der Waals surface area contributed by atoms with Gasteiger partial charge in [0, 0.05) is 23.1 Å². The van der Waals surface area contributed by atoms with Crippen LogP contribution in [0.1, 0.15) is 27.0 Å². The van der Waals surface area contributed by atoms with E-state index < -0.39 is 0 Å². The third kappa shape index (κ3) is 3.68. The van der Waals surface area contributed by atoms with Crippen molar-refractivity contribution in [2.75, 3.05) is 0 Å². The number of aryl methyl sites for hydroxylation is 1. The summed E-state index contributed by atoms with van der Waals surface area (Å²) in [5.41, 5.74) is 9.35. The van der Waals surface area contributed by atoms with Crippen molar-refractivity contribution in [3.05, 3.63) is 69.2 Å². The standard InChI is InChI=1S/C16H17BrN2O/c1-11-2-7-14(17)8-15(11)16(20)19-10-13-5-3-12(9-18)4-6-13/h2-8H,9-10,18H2,1H3,(H,19,20). The van der Waals surface area contributed by atoms with Crippen LogP contribution in [0.5, 0.6) is 0 Å². The number of nitrogens with two attached hydrogens (primary N) is 1. The Kier molecular flexibility index (Phi) is 4.93. The largest absolute Gasteiger partial charge is 0.348 e. The summed E-state index contributed by atoms with van der Waals surface area (Å²) in [6.07, 6.45) is 0. The lowest BCUT2D eigenvalue weighted by atomic mass is 10.1. The van der Waals surface area contributed by atoms with E-state index in [9.17, 15) is 4.79 Å². The highest BCUT2D eigenvalue weighted by atomic mass is 79.9. The molecule has 4 heteroatoms. The SMILES string of the molecule is Cc1ccc(Br)cc1C(=O)NCc1ccc(CN)cc1. The van der Waals surface area contributed by atoms with Crippen LogP contribution in [0.3, 0.4) is 0 Å². The van der Waals surface area contributed by atoms with Crippen molar-refractivity contribution >= 4 is 21.8 Å². The molecule has 3 nitrogen and oxygen atoms in total. The van der Waals surface area contributed by atoms with Gasteiger partial charge < -0.3 is 11.1 Å². The van der Waals surface area contributed by atoms with Gasteiger partial charge in [0.2, 0.25) is 0 Å². The minimum atomic E-state index is -0.0632. The Hall–Kier alpha value is -1.65. The van der Waals surface area contributed by atoms with Crippen LogP contribution in [0.2, 0.25) is 0 Å². The van der Waals surface area contributed by atoms with Gasteiger partial charge in [-0.15, -0.1) is 0 Å². The van der Waals surface area contributed by atoms with Crippen LogP contribution in [0.4, 0.5) is 0 Å². The first kappa shape index (κ1) is 14.8. The van der Waals surface area contributed by atoms with Gasteiger partial charge >= 0.3 is 0 Å². The van der Waals surface area contributed by atoms with Crippen molar-refractivity contribution in [1.29, 1.82) is 0 Å². The summed E-state index contributed by atoms with van der Waals surface area (Å²) in [5.74, 6) is -0.0632. The van der Waals surface area contributed by atoms with Gasteiger partial charge in [-0.25, -0.2) is 0 Å². The van der Waals surface area contributed by atoms with Crippen LogP contribution in [0.25, 0.3) is 0 Å². The average molecular weight is 333 g/mol. The molecule has 0 heterocycles. The average Bonchev–Trinajstić information content (AvgIpc) is 2.47. The molecule has 2 rings (SSSR count). The molecule has 1 amide bonds. The summed E-state index contributed by atoms with van der Waals surface area (Å²) in [6, 6.07) is 13.6. The number of nitrogens with one attached hydrogen (secondary N) is 1. The first-order chi connectivity index (χ1) is 9.60. The molecule has 3 N–H and O–H groups in total. The minimum Gasteiger partial charge on any atom is -0.348 e. The van der Waals surface area contributed by atoms with E-state index in [1.165, 1.54) is 0 Å². The molecular weight excluding hydrogens is 316 g/mol. The molecule has 0 spiro atoms. The fraction of sp³-hybridized carbons (Fsp3) is 0.188. The van der Waals surface area contributed by atoms with Gasteiger partial charge in [0.25, 0.3) is 5.91 Å². The van der Waals surface area contributed by atoms with Gasteiger partial charge in [-0.05, 0) is 35.7 Å². The van der Waals surface area contributed by atoms with Gasteiger partial charge in [0.05, 0.1) is 0 Å². The Labute approximate surface area is 127 Å². The monoisotopic (exact) mass is 332 g/mol. The molecule has 0 aliphatic heterocycles. The molecule has 0 aliphatic rings. The van der Waals surface area contributed by atoms with E-state index in [1.807, 2.05) is 49.4 Å². The van der Waals surface area contributed by atoms with Crippen molar-refractivity contribution in [1.82, 2.24) is 5.32 Å². The molecule has 0 bridgehead atoms. The van der Waals surface area contributed by atoms with Crippen LogP contribution < -0.4 is 11.1 Å². The molecule has 0 radical (unpaired) electrons. The highest BCUT2D eigenvalue weighted by Gasteiger charge is 2.09. The normalized spacial score (nSPS) is 10.3. The first-order valence-electron chi connectivity index (χ1n) is 6.42. The Morgan fingerprint density at radius 1 is 1.15 bits per heavy atom. The Balaban J connectivity index is 2.02. The minimum absolute atomic E-state index is 0.0632. The number of carbonyl (C=O) groups excluding carboxylic acids is 1. The zero-order valence-corrected chi connectivity index (χ0v) is 12.9. The van der Waals surface area contributed by atoms with E-state index in [1.54, 1.807) is 0 Å². The molecule has 2 aromatic carbocycles. The second kappa shape index (κ2) is 6.68. The van der Waals surface area contributed by atoms with Gasteiger partial charge in [0.1, 0.15) is 0 Å². The highest BCUT2D eigenvalue weighted by molar-refractivity contribution is 9.10. The van der Waals surface area contributed by atoms with E-state index in [4.69, 9.17) is 5.73 Å². The highest BCUT2D eigenvalue weighted by Crippen LogP contribution is 2.16. The third-order valence-electron chi connectivity index (χ3n) is 3.16. The maximum absolute atomic E-state index is 12.2. The first-order valence-corrected chi connectivity index (χ1v) is 7.21. The Morgan fingerprint density at radius 3 is 2.45 bits per heavy atom. The van der Waals surface area contributed by atoms with Crippen LogP contribution in [-0.2, 0) is 13.1 Å². The number of hydrogen-bond acceptors (Lipinski definition) is 2. The molecule has 20 heavy (non-hydrogen) atoms. The van der Waals surface area contributed by atoms with E-state index >= 15 is 0 Å². The number of benzene rings is 2. The summed E-state index contributed by atoms with van der Waals surface area (Å²) >= 11 is 3.38. The maximum atomic E-state index is 12.2. The molecule has 0 saturated heterocycles. The lowest BCUT2D eigenvalue weighted by Crippen LogP contribution is -2.23. The van der Waals surface area contributed by atoms with Crippen LogP contribution >= 0.6 is 15.9 Å². The van der Waals surface area contributed by atoms with Crippen molar-refractivity contribution in [2.45, 2.75) is 20.0 Å². The number of halogens is 1. The van der Waals surface area contributed by atoms with E-state index in [0.717, 1.165) is 21.2 Å². The third-order valence-corrected chi connectivity index (χ3v) is 3.65. The molecule has 104 valence electrons. The lowest BCUT2D eigenvalue weighted by Gasteiger charge is -2.09. The molecular formula is C16H17BrN2O. The van der Waals surface area contributed by atoms with Crippen molar-refractivity contribution in [2.24, 2.45) is 5.73 Å². The summed E-state index contributed by atoms with van der Waals surface area (Å²) in [7, 11) is 0. The predicted molar refractivity (Wildman–Crippen MR) is 84.4 cm³/mol.